The molecule has 62 valence electrons. The summed E-state index contributed by atoms with van der Waals surface area (Å²) in [7, 11) is 0. The van der Waals surface area contributed by atoms with Gasteiger partial charge in [0.15, 0.2) is 0 Å². The van der Waals surface area contributed by atoms with Crippen molar-refractivity contribution in [3.05, 3.63) is 32.8 Å². The Labute approximate surface area is 83.8 Å². The van der Waals surface area contributed by atoms with Crippen LogP contribution in [0.3, 0.4) is 0 Å². The fraction of sp³-hybridized carbons (Fsp3) is 0.333. The zero-order valence-corrected chi connectivity index (χ0v) is 8.52. The van der Waals surface area contributed by atoms with Crippen molar-refractivity contribution in [3.63, 3.8) is 0 Å². The van der Waals surface area contributed by atoms with E-state index in [0.29, 0.717) is 12.2 Å². The maximum Gasteiger partial charge on any atom is 0.110 e. The van der Waals surface area contributed by atoms with Gasteiger partial charge >= 0.3 is 0 Å². The zero-order valence-electron chi connectivity index (χ0n) is 6.18. The molecule has 0 radical (unpaired) electrons. The second-order valence-corrected chi connectivity index (χ2v) is 4.55. The van der Waals surface area contributed by atoms with Crippen LogP contribution in [-0.4, -0.2) is 6.10 Å². The van der Waals surface area contributed by atoms with Gasteiger partial charge in [-0.2, -0.15) is 0 Å². The predicted molar refractivity (Wildman–Crippen MR) is 50.5 cm³/mol. The molecule has 0 amide bonds. The monoisotopic (exact) mass is 244 g/mol. The van der Waals surface area contributed by atoms with E-state index in [9.17, 15) is 0 Å². The minimum atomic E-state index is 0.343. The van der Waals surface area contributed by atoms with Gasteiger partial charge < -0.3 is 4.74 Å². The SMILES string of the molecule is Clc1cc(Br)c2c(c1)[C@@H]1O[C@@H]1C2. The van der Waals surface area contributed by atoms with Gasteiger partial charge in [0.1, 0.15) is 6.10 Å². The van der Waals surface area contributed by atoms with E-state index in [1.54, 1.807) is 0 Å². The van der Waals surface area contributed by atoms with Crippen LogP contribution in [0.5, 0.6) is 0 Å². The normalized spacial score (nSPS) is 29.8. The Bertz CT molecular complexity index is 364. The van der Waals surface area contributed by atoms with Crippen molar-refractivity contribution in [3.8, 4) is 0 Å². The third-order valence-electron chi connectivity index (χ3n) is 2.49. The van der Waals surface area contributed by atoms with Gasteiger partial charge in [-0.25, -0.2) is 0 Å². The van der Waals surface area contributed by atoms with Gasteiger partial charge in [-0.3, -0.25) is 0 Å². The highest BCUT2D eigenvalue weighted by Crippen LogP contribution is 2.51. The van der Waals surface area contributed by atoms with E-state index < -0.39 is 0 Å². The van der Waals surface area contributed by atoms with Gasteiger partial charge in [0.05, 0.1) is 6.10 Å². The number of fused-ring (bicyclic) bond motifs is 3. The molecule has 1 aromatic carbocycles. The fourth-order valence-electron chi connectivity index (χ4n) is 1.87. The van der Waals surface area contributed by atoms with Crippen LogP contribution in [0.15, 0.2) is 16.6 Å². The van der Waals surface area contributed by atoms with Gasteiger partial charge in [-0.05, 0) is 23.3 Å². The number of hydrogen-bond acceptors (Lipinski definition) is 1. The van der Waals surface area contributed by atoms with E-state index in [2.05, 4.69) is 15.9 Å². The van der Waals surface area contributed by atoms with E-state index in [1.807, 2.05) is 12.1 Å². The Hall–Kier alpha value is -0.0500. The summed E-state index contributed by atoms with van der Waals surface area (Å²) in [6.45, 7) is 0. The number of halogens is 2. The Morgan fingerprint density at radius 2 is 2.33 bits per heavy atom. The maximum absolute atomic E-state index is 5.93. The minimum Gasteiger partial charge on any atom is -0.364 e. The molecule has 2 atom stereocenters. The summed E-state index contributed by atoms with van der Waals surface area (Å²) in [4.78, 5) is 0. The lowest BCUT2D eigenvalue weighted by molar-refractivity contribution is 0.360. The van der Waals surface area contributed by atoms with Gasteiger partial charge in [-0.1, -0.05) is 27.5 Å². The minimum absolute atomic E-state index is 0.343. The lowest BCUT2D eigenvalue weighted by atomic mass is 10.1. The molecular formula is C9H6BrClO. The molecule has 1 aliphatic carbocycles. The van der Waals surface area contributed by atoms with Crippen molar-refractivity contribution < 1.29 is 4.74 Å². The first-order valence-electron chi connectivity index (χ1n) is 3.89. The summed E-state index contributed by atoms with van der Waals surface area (Å²) in [6, 6.07) is 3.96. The van der Waals surface area contributed by atoms with E-state index >= 15 is 0 Å². The van der Waals surface area contributed by atoms with Crippen LogP contribution in [0.2, 0.25) is 5.02 Å². The zero-order chi connectivity index (χ0) is 8.29. The van der Waals surface area contributed by atoms with Crippen LogP contribution in [0, 0.1) is 0 Å². The first-order chi connectivity index (χ1) is 5.75. The van der Waals surface area contributed by atoms with Crippen LogP contribution >= 0.6 is 27.5 Å². The second kappa shape index (κ2) is 2.25. The molecule has 0 N–H and O–H groups in total. The molecule has 0 unspecified atom stereocenters. The third-order valence-corrected chi connectivity index (χ3v) is 3.41. The number of hydrogen-bond donors (Lipinski definition) is 0. The van der Waals surface area contributed by atoms with Gasteiger partial charge in [0.25, 0.3) is 0 Å². The highest BCUT2D eigenvalue weighted by molar-refractivity contribution is 9.10. The van der Waals surface area contributed by atoms with Crippen LogP contribution in [0.4, 0.5) is 0 Å². The summed E-state index contributed by atoms with van der Waals surface area (Å²) in [5.74, 6) is 0. The summed E-state index contributed by atoms with van der Waals surface area (Å²) in [5.41, 5.74) is 2.65. The first kappa shape index (κ1) is 7.36. The van der Waals surface area contributed by atoms with Gasteiger partial charge in [-0.15, -0.1) is 0 Å². The molecule has 0 bridgehead atoms. The summed E-state index contributed by atoms with van der Waals surface area (Å²) in [5, 5.41) is 0.789. The number of epoxide rings is 1. The van der Waals surface area contributed by atoms with E-state index in [-0.39, 0.29) is 0 Å². The molecule has 0 aromatic heterocycles. The Morgan fingerprint density at radius 1 is 1.50 bits per heavy atom. The molecule has 0 saturated carbocycles. The largest absolute Gasteiger partial charge is 0.364 e. The molecular weight excluding hydrogens is 239 g/mol. The topological polar surface area (TPSA) is 12.5 Å². The maximum atomic E-state index is 5.93. The molecule has 3 heteroatoms. The molecule has 1 saturated heterocycles. The van der Waals surface area contributed by atoms with Crippen molar-refractivity contribution in [1.82, 2.24) is 0 Å². The Morgan fingerprint density at radius 3 is 3.17 bits per heavy atom. The predicted octanol–water partition coefficient (Wildman–Crippen LogP) is 3.10. The first-order valence-corrected chi connectivity index (χ1v) is 5.06. The molecule has 0 spiro atoms. The average Bonchev–Trinajstić information content (AvgIpc) is 2.68. The van der Waals surface area contributed by atoms with Crippen molar-refractivity contribution in [2.24, 2.45) is 0 Å². The molecule has 1 nitrogen and oxygen atoms in total. The summed E-state index contributed by atoms with van der Waals surface area (Å²) in [6.07, 6.45) is 1.82. The molecule has 12 heavy (non-hydrogen) atoms. The van der Waals surface area contributed by atoms with Crippen LogP contribution in [-0.2, 0) is 11.2 Å². The number of benzene rings is 1. The van der Waals surface area contributed by atoms with Crippen LogP contribution in [0.1, 0.15) is 17.2 Å². The average molecular weight is 246 g/mol. The standard InChI is InChI=1S/C9H6BrClO/c10-7-2-4(11)1-6-5(7)3-8-9(6)12-8/h1-2,8-9H,3H2/t8-,9+/m1/s1. The van der Waals surface area contributed by atoms with Crippen molar-refractivity contribution in [2.75, 3.05) is 0 Å². The summed E-state index contributed by atoms with van der Waals surface area (Å²) >= 11 is 9.43. The number of rotatable bonds is 0. The van der Waals surface area contributed by atoms with E-state index in [1.165, 1.54) is 11.1 Å². The van der Waals surface area contributed by atoms with Crippen molar-refractivity contribution >= 4 is 27.5 Å². The third kappa shape index (κ3) is 0.889. The second-order valence-electron chi connectivity index (χ2n) is 3.25. The van der Waals surface area contributed by atoms with Crippen molar-refractivity contribution in [2.45, 2.75) is 18.6 Å². The Kier molecular flexibility index (Phi) is 1.38. The lowest BCUT2D eigenvalue weighted by Gasteiger charge is -2.05. The quantitative estimate of drug-likeness (QED) is 0.640. The smallest absolute Gasteiger partial charge is 0.110 e. The van der Waals surface area contributed by atoms with Crippen LogP contribution in [0.25, 0.3) is 0 Å². The molecule has 1 heterocycles. The van der Waals surface area contributed by atoms with Crippen molar-refractivity contribution in [1.29, 1.82) is 0 Å². The van der Waals surface area contributed by atoms with E-state index in [4.69, 9.17) is 16.3 Å². The molecule has 2 aliphatic rings. The summed E-state index contributed by atoms with van der Waals surface area (Å²) < 4.78 is 6.54. The molecule has 1 aromatic rings. The lowest BCUT2D eigenvalue weighted by Crippen LogP contribution is -1.90. The van der Waals surface area contributed by atoms with Gasteiger partial charge in [0, 0.05) is 15.9 Å². The highest BCUT2D eigenvalue weighted by atomic mass is 79.9. The van der Waals surface area contributed by atoms with Gasteiger partial charge in [0.2, 0.25) is 0 Å². The van der Waals surface area contributed by atoms with Crippen LogP contribution < -0.4 is 0 Å². The van der Waals surface area contributed by atoms with E-state index in [0.717, 1.165) is 15.9 Å². The Balaban J connectivity index is 2.24. The highest BCUT2D eigenvalue weighted by Gasteiger charge is 2.47. The molecule has 1 aliphatic heterocycles. The fourth-order valence-corrected chi connectivity index (χ4v) is 2.86. The number of ether oxygens (including phenoxy) is 1. The molecule has 3 rings (SSSR count). The molecule has 1 fully saturated rings.